The van der Waals surface area contributed by atoms with E-state index >= 15 is 0 Å². The van der Waals surface area contributed by atoms with Gasteiger partial charge in [0.05, 0.1) is 22.3 Å². The van der Waals surface area contributed by atoms with Crippen LogP contribution < -0.4 is 20.2 Å². The fourth-order valence-corrected chi connectivity index (χ4v) is 5.31. The maximum atomic E-state index is 6.03. The summed E-state index contributed by atoms with van der Waals surface area (Å²) in [5.41, 5.74) is 5.47. The zero-order valence-corrected chi connectivity index (χ0v) is 21.9. The maximum absolute atomic E-state index is 6.03. The Bertz CT molecular complexity index is 1070. The molecule has 160 valence electrons. The monoisotopic (exact) mass is 625 g/mol. The van der Waals surface area contributed by atoms with E-state index in [9.17, 15) is 0 Å². The molecule has 0 spiro atoms. The molecule has 31 heavy (non-hydrogen) atoms. The van der Waals surface area contributed by atoms with Crippen LogP contribution in [0.15, 0.2) is 79.2 Å². The Morgan fingerprint density at radius 2 is 1.74 bits per heavy atom. The summed E-state index contributed by atoms with van der Waals surface area (Å²) in [6, 6.07) is 19.3. The van der Waals surface area contributed by atoms with Crippen molar-refractivity contribution in [3.05, 3.63) is 85.2 Å². The molecule has 3 rings (SSSR count). The predicted octanol–water partition coefficient (Wildman–Crippen LogP) is 6.88. The van der Waals surface area contributed by atoms with Crippen LogP contribution in [0.25, 0.3) is 0 Å². The van der Waals surface area contributed by atoms with Gasteiger partial charge in [-0.25, -0.2) is 0 Å². The van der Waals surface area contributed by atoms with E-state index in [1.807, 2.05) is 60.7 Å². The van der Waals surface area contributed by atoms with E-state index in [1.54, 1.807) is 13.3 Å². The van der Waals surface area contributed by atoms with Gasteiger partial charge in [-0.3, -0.25) is 5.43 Å². The van der Waals surface area contributed by atoms with Crippen molar-refractivity contribution in [2.75, 3.05) is 12.4 Å². The number of nitrogens with one attached hydrogen (secondary N) is 2. The van der Waals surface area contributed by atoms with Crippen LogP contribution in [-0.4, -0.2) is 18.4 Å². The van der Waals surface area contributed by atoms with E-state index in [-0.39, 0.29) is 0 Å². The minimum Gasteiger partial charge on any atom is -0.496 e. The number of thiocarbonyl (C=S) groups is 1. The van der Waals surface area contributed by atoms with Gasteiger partial charge in [-0.1, -0.05) is 34.1 Å². The lowest BCUT2D eigenvalue weighted by molar-refractivity contribution is 0.293. The molecule has 3 aromatic rings. The molecule has 0 unspecified atom stereocenters. The number of hydrogen-bond donors (Lipinski definition) is 2. The van der Waals surface area contributed by atoms with E-state index in [0.717, 1.165) is 36.0 Å². The highest BCUT2D eigenvalue weighted by Crippen LogP contribution is 2.37. The Morgan fingerprint density at radius 1 is 1.03 bits per heavy atom. The fraction of sp³-hybridized carbons (Fsp3) is 0.0909. The highest BCUT2D eigenvalue weighted by Gasteiger charge is 2.11. The molecule has 9 heteroatoms. The Hall–Kier alpha value is -1.94. The molecule has 0 aliphatic heterocycles. The fourth-order valence-electron chi connectivity index (χ4n) is 2.65. The lowest BCUT2D eigenvalue weighted by atomic mass is 10.1. The number of hydrazone groups is 1. The van der Waals surface area contributed by atoms with Gasteiger partial charge in [0.1, 0.15) is 18.1 Å². The van der Waals surface area contributed by atoms with Gasteiger partial charge in [0.15, 0.2) is 5.11 Å². The average Bonchev–Trinajstić information content (AvgIpc) is 2.74. The largest absolute Gasteiger partial charge is 0.496 e. The van der Waals surface area contributed by atoms with Gasteiger partial charge >= 0.3 is 0 Å². The van der Waals surface area contributed by atoms with Crippen LogP contribution in [0.3, 0.4) is 0 Å². The Labute approximate surface area is 211 Å². The van der Waals surface area contributed by atoms with Gasteiger partial charge in [0, 0.05) is 15.7 Å². The number of para-hydroxylation sites is 1. The molecule has 0 aliphatic carbocycles. The first kappa shape index (κ1) is 23.7. The third-order valence-corrected chi connectivity index (χ3v) is 5.88. The van der Waals surface area contributed by atoms with Gasteiger partial charge in [-0.15, -0.1) is 0 Å². The van der Waals surface area contributed by atoms with E-state index < -0.39 is 0 Å². The van der Waals surface area contributed by atoms with Crippen molar-refractivity contribution in [3.8, 4) is 11.5 Å². The molecular formula is C22H18Br3N3O2S. The zero-order valence-electron chi connectivity index (χ0n) is 16.4. The second-order valence-electron chi connectivity index (χ2n) is 6.25. The third-order valence-electron chi connectivity index (χ3n) is 4.05. The van der Waals surface area contributed by atoms with Crippen molar-refractivity contribution in [2.24, 2.45) is 5.10 Å². The second-order valence-corrected chi connectivity index (χ2v) is 9.28. The molecule has 3 aromatic carbocycles. The normalized spacial score (nSPS) is 10.7. The Balaban J connectivity index is 1.66. The zero-order chi connectivity index (χ0) is 22.2. The number of halogens is 3. The minimum atomic E-state index is 0.324. The highest BCUT2D eigenvalue weighted by atomic mass is 79.9. The van der Waals surface area contributed by atoms with Crippen LogP contribution in [-0.2, 0) is 6.61 Å². The van der Waals surface area contributed by atoms with E-state index in [4.69, 9.17) is 21.7 Å². The number of ether oxygens (including phenoxy) is 2. The molecule has 0 amide bonds. The molecule has 0 saturated heterocycles. The first-order chi connectivity index (χ1) is 15.0. The molecule has 0 aliphatic rings. The summed E-state index contributed by atoms with van der Waals surface area (Å²) in [6.45, 7) is 0.324. The topological polar surface area (TPSA) is 54.9 Å². The van der Waals surface area contributed by atoms with E-state index in [1.165, 1.54) is 0 Å². The Morgan fingerprint density at radius 3 is 2.42 bits per heavy atom. The summed E-state index contributed by atoms with van der Waals surface area (Å²) in [5, 5.41) is 7.68. The van der Waals surface area contributed by atoms with E-state index in [2.05, 4.69) is 63.6 Å². The quantitative estimate of drug-likeness (QED) is 0.170. The number of methoxy groups -OCH3 is 1. The van der Waals surface area contributed by atoms with Crippen molar-refractivity contribution in [3.63, 3.8) is 0 Å². The first-order valence-electron chi connectivity index (χ1n) is 9.05. The molecule has 0 saturated carbocycles. The van der Waals surface area contributed by atoms with Crippen molar-refractivity contribution in [1.82, 2.24) is 5.43 Å². The molecule has 0 atom stereocenters. The first-order valence-corrected chi connectivity index (χ1v) is 11.8. The SMILES string of the molecule is COc1ccc(C=NNC(=S)Nc2ccccc2)cc1COc1c(Br)cc(Br)cc1Br. The molecular weight excluding hydrogens is 610 g/mol. The van der Waals surface area contributed by atoms with Crippen molar-refractivity contribution in [2.45, 2.75) is 6.61 Å². The van der Waals surface area contributed by atoms with Crippen LogP contribution in [0.4, 0.5) is 5.69 Å². The van der Waals surface area contributed by atoms with Crippen LogP contribution in [0.1, 0.15) is 11.1 Å². The molecule has 0 bridgehead atoms. The van der Waals surface area contributed by atoms with Crippen LogP contribution >= 0.6 is 60.0 Å². The molecule has 0 radical (unpaired) electrons. The van der Waals surface area contributed by atoms with Crippen molar-refractivity contribution < 1.29 is 9.47 Å². The molecule has 5 nitrogen and oxygen atoms in total. The standard InChI is InChI=1S/C22H18Br3N3O2S/c1-29-20-8-7-14(12-26-28-22(31)27-17-5-3-2-4-6-17)9-15(20)13-30-21-18(24)10-16(23)11-19(21)25/h2-12H,13H2,1H3,(H2,27,28,31). The number of nitrogens with zero attached hydrogens (tertiary/aromatic N) is 1. The average molecular weight is 628 g/mol. The number of benzene rings is 3. The van der Waals surface area contributed by atoms with Crippen molar-refractivity contribution >= 4 is 77.0 Å². The van der Waals surface area contributed by atoms with Crippen LogP contribution in [0, 0.1) is 0 Å². The summed E-state index contributed by atoms with van der Waals surface area (Å²) >= 11 is 15.8. The van der Waals surface area contributed by atoms with Gasteiger partial charge in [0.2, 0.25) is 0 Å². The van der Waals surface area contributed by atoms with E-state index in [0.29, 0.717) is 17.5 Å². The summed E-state index contributed by atoms with van der Waals surface area (Å²) < 4.78 is 14.1. The molecule has 0 fully saturated rings. The lowest BCUT2D eigenvalue weighted by Gasteiger charge is -2.14. The summed E-state index contributed by atoms with van der Waals surface area (Å²) in [5.74, 6) is 1.44. The third kappa shape index (κ3) is 7.03. The lowest BCUT2D eigenvalue weighted by Crippen LogP contribution is -2.23. The number of anilines is 1. The maximum Gasteiger partial charge on any atom is 0.191 e. The number of rotatable bonds is 7. The molecule has 0 heterocycles. The summed E-state index contributed by atoms with van der Waals surface area (Å²) in [6.07, 6.45) is 1.69. The minimum absolute atomic E-state index is 0.324. The number of hydrogen-bond acceptors (Lipinski definition) is 4. The van der Waals surface area contributed by atoms with Crippen LogP contribution in [0.5, 0.6) is 11.5 Å². The van der Waals surface area contributed by atoms with Crippen LogP contribution in [0.2, 0.25) is 0 Å². The summed E-state index contributed by atoms with van der Waals surface area (Å²) in [4.78, 5) is 0. The Kier molecular flexibility index (Phi) is 8.89. The van der Waals surface area contributed by atoms with Gasteiger partial charge in [-0.2, -0.15) is 5.10 Å². The van der Waals surface area contributed by atoms with Crippen molar-refractivity contribution in [1.29, 1.82) is 0 Å². The second kappa shape index (κ2) is 11.6. The summed E-state index contributed by atoms with van der Waals surface area (Å²) in [7, 11) is 1.63. The molecule has 0 aromatic heterocycles. The van der Waals surface area contributed by atoms with Gasteiger partial charge < -0.3 is 14.8 Å². The predicted molar refractivity (Wildman–Crippen MR) is 140 cm³/mol. The van der Waals surface area contributed by atoms with Gasteiger partial charge in [-0.05, 0) is 92.1 Å². The highest BCUT2D eigenvalue weighted by molar-refractivity contribution is 9.11. The molecule has 2 N–H and O–H groups in total. The van der Waals surface area contributed by atoms with Gasteiger partial charge in [0.25, 0.3) is 0 Å². The smallest absolute Gasteiger partial charge is 0.191 e.